The lowest BCUT2D eigenvalue weighted by Crippen LogP contribution is -2.46. The molecule has 0 bridgehead atoms. The summed E-state index contributed by atoms with van der Waals surface area (Å²) in [4.78, 5) is 25.0. The molecule has 2 rings (SSSR count). The van der Waals surface area contributed by atoms with Crippen molar-refractivity contribution in [2.45, 2.75) is 65.0 Å². The summed E-state index contributed by atoms with van der Waals surface area (Å²) >= 11 is 0. The minimum absolute atomic E-state index is 0.0756. The Balaban J connectivity index is 1.99. The molecular weight excluding hydrogens is 307 g/mol. The van der Waals surface area contributed by atoms with Crippen LogP contribution in [0.25, 0.3) is 0 Å². The Kier molecular flexibility index (Phi) is 5.62. The molecule has 1 aromatic rings. The van der Waals surface area contributed by atoms with Gasteiger partial charge in [-0.3, -0.25) is 9.59 Å². The van der Waals surface area contributed by atoms with Gasteiger partial charge in [0.1, 0.15) is 5.82 Å². The van der Waals surface area contributed by atoms with Crippen LogP contribution in [0.3, 0.4) is 0 Å². The first kappa shape index (κ1) is 18.4. The zero-order valence-corrected chi connectivity index (χ0v) is 14.7. The Labute approximate surface area is 143 Å². The molecule has 0 spiro atoms. The fourth-order valence-corrected chi connectivity index (χ4v) is 3.28. The van der Waals surface area contributed by atoms with Gasteiger partial charge in [0.2, 0.25) is 11.8 Å². The smallest absolute Gasteiger partial charge is 0.227 e. The molecule has 2 amide bonds. The van der Waals surface area contributed by atoms with Crippen LogP contribution in [0.2, 0.25) is 0 Å². The van der Waals surface area contributed by atoms with Gasteiger partial charge < -0.3 is 10.6 Å². The van der Waals surface area contributed by atoms with E-state index in [1.165, 1.54) is 12.1 Å². The van der Waals surface area contributed by atoms with Crippen molar-refractivity contribution in [3.05, 3.63) is 35.6 Å². The van der Waals surface area contributed by atoms with Crippen molar-refractivity contribution in [3.63, 3.8) is 0 Å². The minimum Gasteiger partial charge on any atom is -0.352 e. The maximum atomic E-state index is 12.9. The van der Waals surface area contributed by atoms with E-state index in [9.17, 15) is 14.0 Å². The number of carbonyl (C=O) groups is 2. The van der Waals surface area contributed by atoms with Crippen molar-refractivity contribution >= 4 is 11.8 Å². The molecule has 132 valence electrons. The molecule has 1 aliphatic carbocycles. The number of benzene rings is 1. The molecule has 1 aromatic carbocycles. The first-order valence-corrected chi connectivity index (χ1v) is 8.54. The molecule has 0 radical (unpaired) electrons. The van der Waals surface area contributed by atoms with Gasteiger partial charge in [-0.15, -0.1) is 0 Å². The van der Waals surface area contributed by atoms with Gasteiger partial charge in [-0.1, -0.05) is 25.0 Å². The topological polar surface area (TPSA) is 58.2 Å². The number of halogens is 1. The van der Waals surface area contributed by atoms with Crippen LogP contribution in [-0.4, -0.2) is 17.4 Å². The van der Waals surface area contributed by atoms with E-state index in [1.54, 1.807) is 12.1 Å². The summed E-state index contributed by atoms with van der Waals surface area (Å²) in [7, 11) is 0. The van der Waals surface area contributed by atoms with E-state index in [0.29, 0.717) is 6.54 Å². The second kappa shape index (κ2) is 7.32. The lowest BCUT2D eigenvalue weighted by atomic mass is 9.81. The maximum absolute atomic E-state index is 12.9. The second-order valence-corrected chi connectivity index (χ2v) is 7.77. The minimum atomic E-state index is -0.616. The SMILES string of the molecule is CC(C)(C)NC(=O)CC1(C(=O)NCc2ccc(F)cc2)CCCC1. The fraction of sp³-hybridized carbons (Fsp3) is 0.579. The molecule has 0 unspecified atom stereocenters. The van der Waals surface area contributed by atoms with Crippen molar-refractivity contribution in [1.29, 1.82) is 0 Å². The highest BCUT2D eigenvalue weighted by atomic mass is 19.1. The molecule has 0 atom stereocenters. The molecule has 1 aliphatic rings. The Morgan fingerprint density at radius 2 is 1.71 bits per heavy atom. The van der Waals surface area contributed by atoms with Crippen LogP contribution in [0.15, 0.2) is 24.3 Å². The van der Waals surface area contributed by atoms with E-state index in [2.05, 4.69) is 10.6 Å². The summed E-state index contributed by atoms with van der Waals surface area (Å²) in [5.74, 6) is -0.453. The van der Waals surface area contributed by atoms with E-state index in [1.807, 2.05) is 20.8 Å². The second-order valence-electron chi connectivity index (χ2n) is 7.77. The zero-order chi connectivity index (χ0) is 17.8. The van der Waals surface area contributed by atoms with Gasteiger partial charge in [0.05, 0.1) is 5.41 Å². The quantitative estimate of drug-likeness (QED) is 0.868. The molecule has 0 aromatic heterocycles. The lowest BCUT2D eigenvalue weighted by Gasteiger charge is -2.29. The van der Waals surface area contributed by atoms with Crippen molar-refractivity contribution in [2.24, 2.45) is 5.41 Å². The number of amides is 2. The van der Waals surface area contributed by atoms with Gasteiger partial charge in [0.15, 0.2) is 0 Å². The molecule has 5 heteroatoms. The summed E-state index contributed by atoms with van der Waals surface area (Å²) in [5, 5.41) is 5.87. The average molecular weight is 334 g/mol. The Bertz CT molecular complexity index is 584. The summed E-state index contributed by atoms with van der Waals surface area (Å²) in [6.45, 7) is 6.14. The molecule has 24 heavy (non-hydrogen) atoms. The van der Waals surface area contributed by atoms with Gasteiger partial charge in [-0.05, 0) is 51.3 Å². The fourth-order valence-electron chi connectivity index (χ4n) is 3.28. The molecule has 0 aliphatic heterocycles. The Morgan fingerprint density at radius 3 is 2.25 bits per heavy atom. The van der Waals surface area contributed by atoms with Crippen LogP contribution in [0.1, 0.15) is 58.4 Å². The normalized spacial score (nSPS) is 16.7. The number of rotatable bonds is 5. The highest BCUT2D eigenvalue weighted by molar-refractivity contribution is 5.89. The van der Waals surface area contributed by atoms with Crippen molar-refractivity contribution in [2.75, 3.05) is 0 Å². The predicted molar refractivity (Wildman–Crippen MR) is 91.7 cm³/mol. The number of hydrogen-bond donors (Lipinski definition) is 2. The number of hydrogen-bond acceptors (Lipinski definition) is 2. The maximum Gasteiger partial charge on any atom is 0.227 e. The van der Waals surface area contributed by atoms with Gasteiger partial charge in [0.25, 0.3) is 0 Å². The molecule has 0 heterocycles. The highest BCUT2D eigenvalue weighted by Gasteiger charge is 2.43. The van der Waals surface area contributed by atoms with Crippen LogP contribution >= 0.6 is 0 Å². The van der Waals surface area contributed by atoms with Crippen LogP contribution < -0.4 is 10.6 Å². The molecule has 2 N–H and O–H groups in total. The third-order valence-corrected chi connectivity index (χ3v) is 4.42. The van der Waals surface area contributed by atoms with E-state index >= 15 is 0 Å². The first-order chi connectivity index (χ1) is 11.2. The average Bonchev–Trinajstić information content (AvgIpc) is 2.94. The molecule has 0 saturated heterocycles. The monoisotopic (exact) mass is 334 g/mol. The summed E-state index contributed by atoms with van der Waals surface area (Å²) < 4.78 is 12.9. The Morgan fingerprint density at radius 1 is 1.12 bits per heavy atom. The summed E-state index contributed by atoms with van der Waals surface area (Å²) in [6.07, 6.45) is 3.62. The van der Waals surface area contributed by atoms with Gasteiger partial charge in [-0.2, -0.15) is 0 Å². The van der Waals surface area contributed by atoms with E-state index < -0.39 is 5.41 Å². The standard InChI is InChI=1S/C19H27FN2O2/c1-18(2,3)22-16(23)12-19(10-4-5-11-19)17(24)21-13-14-6-8-15(20)9-7-14/h6-9H,4-5,10-13H2,1-3H3,(H,21,24)(H,22,23). The summed E-state index contributed by atoms with van der Waals surface area (Å²) in [5.41, 5.74) is -0.0753. The number of nitrogens with one attached hydrogen (secondary N) is 2. The van der Waals surface area contributed by atoms with Crippen LogP contribution in [0, 0.1) is 11.2 Å². The summed E-state index contributed by atoms with van der Waals surface area (Å²) in [6, 6.07) is 6.07. The van der Waals surface area contributed by atoms with E-state index in [4.69, 9.17) is 0 Å². The van der Waals surface area contributed by atoms with Gasteiger partial charge in [-0.25, -0.2) is 4.39 Å². The highest BCUT2D eigenvalue weighted by Crippen LogP contribution is 2.41. The van der Waals surface area contributed by atoms with Crippen LogP contribution in [-0.2, 0) is 16.1 Å². The molecule has 1 saturated carbocycles. The van der Waals surface area contributed by atoms with E-state index in [0.717, 1.165) is 31.2 Å². The first-order valence-electron chi connectivity index (χ1n) is 8.54. The van der Waals surface area contributed by atoms with Crippen LogP contribution in [0.4, 0.5) is 4.39 Å². The van der Waals surface area contributed by atoms with Crippen molar-refractivity contribution in [3.8, 4) is 0 Å². The van der Waals surface area contributed by atoms with Crippen LogP contribution in [0.5, 0.6) is 0 Å². The number of carbonyl (C=O) groups excluding carboxylic acids is 2. The van der Waals surface area contributed by atoms with Crippen molar-refractivity contribution in [1.82, 2.24) is 10.6 Å². The molecule has 1 fully saturated rings. The lowest BCUT2D eigenvalue weighted by molar-refractivity contribution is -0.137. The third kappa shape index (κ3) is 5.05. The molecular formula is C19H27FN2O2. The third-order valence-electron chi connectivity index (χ3n) is 4.42. The zero-order valence-electron chi connectivity index (χ0n) is 14.7. The predicted octanol–water partition coefficient (Wildman–Crippen LogP) is 3.31. The van der Waals surface area contributed by atoms with Gasteiger partial charge in [0, 0.05) is 18.5 Å². The van der Waals surface area contributed by atoms with E-state index in [-0.39, 0.29) is 29.6 Å². The van der Waals surface area contributed by atoms with Crippen molar-refractivity contribution < 1.29 is 14.0 Å². The van der Waals surface area contributed by atoms with Gasteiger partial charge >= 0.3 is 0 Å². The largest absolute Gasteiger partial charge is 0.352 e. The molecule has 4 nitrogen and oxygen atoms in total. The Hall–Kier alpha value is -1.91.